The second-order valence-corrected chi connectivity index (χ2v) is 8.55. The fourth-order valence-corrected chi connectivity index (χ4v) is 2.72. The molecule has 3 unspecified atom stereocenters. The van der Waals surface area contributed by atoms with Gasteiger partial charge in [-0.1, -0.05) is 79.1 Å². The molecule has 22 heteroatoms. The molecule has 0 bridgehead atoms. The van der Waals surface area contributed by atoms with Gasteiger partial charge in [0.1, 0.15) is 17.9 Å². The van der Waals surface area contributed by atoms with Crippen LogP contribution < -0.4 is 11.9 Å². The fraction of sp³-hybridized carbons (Fsp3) is 0.778. The summed E-state index contributed by atoms with van der Waals surface area (Å²) in [5.74, 6) is -1.22. The van der Waals surface area contributed by atoms with Crippen LogP contribution in [0.25, 0.3) is 31.3 Å². The first-order valence-electron chi connectivity index (χ1n) is 10.5. The van der Waals surface area contributed by atoms with E-state index in [0.717, 1.165) is 11.8 Å². The molecule has 40 heavy (non-hydrogen) atoms. The number of nitrogens with two attached hydrogens (primary N) is 1. The standard InChI is InChI=1S/C5H8BrN3O.C4H6BrN3O2.C4H7BrO2.C4H8N4O2.CH3Br.H3N/c1-4(10)5(2-3-6)8-9-7;5-2-1-3(4(9)10)7-8-6;5-3-1-2-4(6)7;5-2-1-3(4(9)10)7-8-6;1-2;/h5H,2-3H2,1H3;3H,1-2H2,(H,9,10);1-3H2,(H,6,7);3H,1-2,5H2,(H,9,10);1H3;1H3. The van der Waals surface area contributed by atoms with Crippen LogP contribution >= 0.6 is 63.7 Å². The predicted molar refractivity (Wildman–Crippen MR) is 166 cm³/mol. The van der Waals surface area contributed by atoms with Gasteiger partial charge in [0.25, 0.3) is 0 Å². The molecular formula is C18H35Br4N11O7. The third-order valence-corrected chi connectivity index (χ3v) is 4.82. The average Bonchev–Trinajstić information content (AvgIpc) is 2.89. The molecule has 0 rings (SSSR count). The van der Waals surface area contributed by atoms with Crippen molar-refractivity contribution in [3.8, 4) is 0 Å². The van der Waals surface area contributed by atoms with Gasteiger partial charge in [0.15, 0.2) is 0 Å². The molecule has 0 aromatic rings. The molecule has 3 atom stereocenters. The average molecular weight is 837 g/mol. The number of Topliss-reactive ketones (excluding diaryl/α,β-unsaturated/α-hetero) is 1. The molecule has 0 heterocycles. The molecule has 8 N–H and O–H groups in total. The first-order valence-corrected chi connectivity index (χ1v) is 15.4. The van der Waals surface area contributed by atoms with E-state index in [1.807, 2.05) is 5.83 Å². The largest absolute Gasteiger partial charge is 0.481 e. The maximum absolute atomic E-state index is 10.6. The summed E-state index contributed by atoms with van der Waals surface area (Å²) < 4.78 is 0. The number of hydrogen-bond acceptors (Lipinski definition) is 9. The number of hydrogen-bond donors (Lipinski definition) is 5. The van der Waals surface area contributed by atoms with E-state index in [1.54, 1.807) is 0 Å². The monoisotopic (exact) mass is 833 g/mol. The van der Waals surface area contributed by atoms with Crippen molar-refractivity contribution in [3.63, 3.8) is 0 Å². The second-order valence-electron chi connectivity index (χ2n) is 6.17. The van der Waals surface area contributed by atoms with Gasteiger partial charge in [-0.25, -0.2) is 0 Å². The Kier molecular flexibility index (Phi) is 52.4. The number of carbonyl (C=O) groups is 4. The zero-order chi connectivity index (χ0) is 31.6. The Labute approximate surface area is 264 Å². The molecule has 0 aliphatic heterocycles. The van der Waals surface area contributed by atoms with Crippen LogP contribution in [0.2, 0.25) is 0 Å². The van der Waals surface area contributed by atoms with E-state index < -0.39 is 36.0 Å². The van der Waals surface area contributed by atoms with Crippen LogP contribution in [0, 0.1) is 0 Å². The Morgan fingerprint density at radius 3 is 1.32 bits per heavy atom. The summed E-state index contributed by atoms with van der Waals surface area (Å²) in [4.78, 5) is 48.1. The molecule has 0 radical (unpaired) electrons. The summed E-state index contributed by atoms with van der Waals surface area (Å²) in [6.07, 6.45) is 2.05. The smallest absolute Gasteiger partial charge is 0.312 e. The highest BCUT2D eigenvalue weighted by molar-refractivity contribution is 9.09. The van der Waals surface area contributed by atoms with E-state index in [-0.39, 0.29) is 31.3 Å². The molecule has 18 nitrogen and oxygen atoms in total. The van der Waals surface area contributed by atoms with Gasteiger partial charge in [0.2, 0.25) is 0 Å². The SMILES string of the molecule is CBr.CC(=O)C(CCBr)N=[N+]=[N-].N.O=C(O)CCCBr.[N-]=[N+]=NC(CCBr)C(=O)O.[N-]=[N+]=NC(CCN)C(=O)O. The van der Waals surface area contributed by atoms with E-state index in [2.05, 4.69) is 93.8 Å². The molecule has 0 spiro atoms. The van der Waals surface area contributed by atoms with Gasteiger partial charge < -0.3 is 27.2 Å². The highest BCUT2D eigenvalue weighted by Crippen LogP contribution is 2.02. The lowest BCUT2D eigenvalue weighted by Crippen LogP contribution is -2.20. The van der Waals surface area contributed by atoms with Crippen LogP contribution in [-0.4, -0.2) is 85.5 Å². The summed E-state index contributed by atoms with van der Waals surface area (Å²) in [5, 5.41) is 36.1. The van der Waals surface area contributed by atoms with Crippen molar-refractivity contribution >= 4 is 87.4 Å². The summed E-state index contributed by atoms with van der Waals surface area (Å²) in [5.41, 5.74) is 28.8. The third kappa shape index (κ3) is 42.9. The Morgan fingerprint density at radius 2 is 1.10 bits per heavy atom. The van der Waals surface area contributed by atoms with E-state index in [4.69, 9.17) is 37.6 Å². The van der Waals surface area contributed by atoms with Crippen molar-refractivity contribution in [3.05, 3.63) is 31.3 Å². The van der Waals surface area contributed by atoms with Gasteiger partial charge >= 0.3 is 17.9 Å². The van der Waals surface area contributed by atoms with Crippen LogP contribution in [0.1, 0.15) is 39.0 Å². The van der Waals surface area contributed by atoms with Gasteiger partial charge in [-0.05, 0) is 61.6 Å². The maximum Gasteiger partial charge on any atom is 0.312 e. The normalized spacial score (nSPS) is 10.5. The number of carbonyl (C=O) groups excluding carboxylic acids is 1. The highest BCUT2D eigenvalue weighted by atomic mass is 79.9. The lowest BCUT2D eigenvalue weighted by molar-refractivity contribution is -0.139. The Balaban J connectivity index is -0.0000000942. The lowest BCUT2D eigenvalue weighted by atomic mass is 10.2. The number of ketones is 1. The number of carboxylic acids is 3. The van der Waals surface area contributed by atoms with Gasteiger partial charge in [-0.2, -0.15) is 0 Å². The predicted octanol–water partition coefficient (Wildman–Crippen LogP) is 6.09. The number of alkyl halides is 4. The van der Waals surface area contributed by atoms with E-state index in [0.29, 0.717) is 23.5 Å². The topological polar surface area (TPSA) is 336 Å². The van der Waals surface area contributed by atoms with Crippen LogP contribution in [0.4, 0.5) is 0 Å². The van der Waals surface area contributed by atoms with E-state index in [9.17, 15) is 19.2 Å². The molecule has 0 aromatic carbocycles. The van der Waals surface area contributed by atoms with E-state index in [1.165, 1.54) is 6.92 Å². The molecule has 0 aliphatic carbocycles. The third-order valence-electron chi connectivity index (χ3n) is 3.34. The van der Waals surface area contributed by atoms with Crippen molar-refractivity contribution in [2.75, 3.05) is 28.4 Å². The Morgan fingerprint density at radius 1 is 0.750 bits per heavy atom. The summed E-state index contributed by atoms with van der Waals surface area (Å²) >= 11 is 12.2. The minimum atomic E-state index is -1.14. The Bertz CT molecular complexity index is 728. The first kappa shape index (κ1) is 50.7. The molecule has 232 valence electrons. The summed E-state index contributed by atoms with van der Waals surface area (Å²) in [6.45, 7) is 1.62. The van der Waals surface area contributed by atoms with Gasteiger partial charge in [0, 0.05) is 37.1 Å². The summed E-state index contributed by atoms with van der Waals surface area (Å²) in [6, 6.07) is -2.45. The molecule has 0 saturated heterocycles. The minimum absolute atomic E-state index is 0. The van der Waals surface area contributed by atoms with E-state index >= 15 is 0 Å². The molecule has 0 aliphatic rings. The number of carboxylic acid groups (broad SMARTS) is 3. The summed E-state index contributed by atoms with van der Waals surface area (Å²) in [7, 11) is 0. The number of nitrogens with zero attached hydrogens (tertiary/aromatic N) is 9. The molecule has 0 fully saturated rings. The van der Waals surface area contributed by atoms with Crippen LogP contribution in [0.3, 0.4) is 0 Å². The molecular weight excluding hydrogens is 802 g/mol. The number of halogens is 4. The lowest BCUT2D eigenvalue weighted by Gasteiger charge is -2.01. The first-order chi connectivity index (χ1) is 18.4. The highest BCUT2D eigenvalue weighted by Gasteiger charge is 2.13. The number of rotatable bonds is 15. The maximum atomic E-state index is 10.6. The quantitative estimate of drug-likeness (QED) is 0.0550. The minimum Gasteiger partial charge on any atom is -0.481 e. The van der Waals surface area contributed by atoms with Crippen LogP contribution in [0.15, 0.2) is 15.3 Å². The Hall–Kier alpha value is -2.15. The number of azide groups is 3. The van der Waals surface area contributed by atoms with Crippen LogP contribution in [-0.2, 0) is 19.2 Å². The molecule has 0 aromatic heterocycles. The zero-order valence-electron chi connectivity index (χ0n) is 21.9. The second kappa shape index (κ2) is 41.3. The van der Waals surface area contributed by atoms with Crippen LogP contribution in [0.5, 0.6) is 0 Å². The van der Waals surface area contributed by atoms with Gasteiger partial charge in [0.05, 0.1) is 6.04 Å². The molecule has 0 saturated carbocycles. The van der Waals surface area contributed by atoms with Crippen molar-refractivity contribution in [2.24, 2.45) is 21.1 Å². The molecule has 0 amide bonds. The number of aliphatic carboxylic acids is 3. The van der Waals surface area contributed by atoms with Gasteiger partial charge in [-0.15, -0.1) is 0 Å². The fourth-order valence-electron chi connectivity index (χ4n) is 1.57. The van der Waals surface area contributed by atoms with Crippen molar-refractivity contribution in [1.29, 1.82) is 0 Å². The van der Waals surface area contributed by atoms with Crippen molar-refractivity contribution < 1.29 is 34.5 Å². The van der Waals surface area contributed by atoms with Crippen molar-refractivity contribution in [1.82, 2.24) is 6.15 Å². The van der Waals surface area contributed by atoms with Crippen molar-refractivity contribution in [2.45, 2.75) is 57.2 Å². The van der Waals surface area contributed by atoms with Gasteiger partial charge in [-0.3, -0.25) is 19.2 Å². The zero-order valence-corrected chi connectivity index (χ0v) is 28.2.